The van der Waals surface area contributed by atoms with E-state index >= 15 is 0 Å². The van der Waals surface area contributed by atoms with Gasteiger partial charge in [-0.2, -0.15) is 5.10 Å². The van der Waals surface area contributed by atoms with Gasteiger partial charge in [0.25, 0.3) is 0 Å². The molecule has 0 saturated heterocycles. The second-order valence-electron chi connectivity index (χ2n) is 5.38. The average molecular weight is 490 g/mol. The number of guanidine groups is 1. The van der Waals surface area contributed by atoms with E-state index in [-0.39, 0.29) is 24.0 Å². The van der Waals surface area contributed by atoms with Crippen LogP contribution in [0.15, 0.2) is 23.5 Å². The summed E-state index contributed by atoms with van der Waals surface area (Å²) in [6.07, 6.45) is 1.52. The molecule has 0 radical (unpaired) electrons. The van der Waals surface area contributed by atoms with E-state index in [0.717, 1.165) is 17.9 Å². The van der Waals surface area contributed by atoms with Crippen molar-refractivity contribution in [1.29, 1.82) is 0 Å². The minimum atomic E-state index is 0. The standard InChI is InChI=1S/C17H26N6O3.HI/c1-6-18-17(20-10-15-21-11-22-23(15)2)19-9-12-7-13(24-3)16(26-5)14(8-12)25-4;/h7-8,11H,6,9-10H2,1-5H3,(H2,18,19,20);1H. The molecule has 0 amide bonds. The van der Waals surface area contributed by atoms with E-state index in [1.807, 2.05) is 26.1 Å². The highest BCUT2D eigenvalue weighted by molar-refractivity contribution is 14.0. The lowest BCUT2D eigenvalue weighted by Crippen LogP contribution is -2.37. The summed E-state index contributed by atoms with van der Waals surface area (Å²) < 4.78 is 17.8. The van der Waals surface area contributed by atoms with Gasteiger partial charge in [0.15, 0.2) is 17.5 Å². The van der Waals surface area contributed by atoms with Gasteiger partial charge in [0.2, 0.25) is 5.75 Å². The molecule has 2 aromatic rings. The monoisotopic (exact) mass is 490 g/mol. The summed E-state index contributed by atoms with van der Waals surface area (Å²) in [5.74, 6) is 3.28. The van der Waals surface area contributed by atoms with Gasteiger partial charge in [-0.3, -0.25) is 4.68 Å². The van der Waals surface area contributed by atoms with Crippen molar-refractivity contribution >= 4 is 29.9 Å². The average Bonchev–Trinajstić information content (AvgIpc) is 3.07. The van der Waals surface area contributed by atoms with Crippen LogP contribution in [0, 0.1) is 0 Å². The van der Waals surface area contributed by atoms with Crippen LogP contribution >= 0.6 is 24.0 Å². The molecule has 10 heteroatoms. The van der Waals surface area contributed by atoms with Gasteiger partial charge in [0.1, 0.15) is 12.2 Å². The highest BCUT2D eigenvalue weighted by Crippen LogP contribution is 2.38. The topological polar surface area (TPSA) is 94.8 Å². The maximum Gasteiger partial charge on any atom is 0.203 e. The van der Waals surface area contributed by atoms with Gasteiger partial charge in [0, 0.05) is 13.6 Å². The number of nitrogens with one attached hydrogen (secondary N) is 2. The predicted molar refractivity (Wildman–Crippen MR) is 114 cm³/mol. The molecule has 9 nitrogen and oxygen atoms in total. The molecular formula is C17H27IN6O3. The zero-order valence-electron chi connectivity index (χ0n) is 16.3. The molecule has 0 fully saturated rings. The number of halogens is 1. The maximum absolute atomic E-state index is 5.38. The van der Waals surface area contributed by atoms with Gasteiger partial charge < -0.3 is 24.8 Å². The van der Waals surface area contributed by atoms with Gasteiger partial charge in [-0.15, -0.1) is 24.0 Å². The largest absolute Gasteiger partial charge is 0.493 e. The molecule has 0 unspecified atom stereocenters. The first kappa shape index (κ1) is 22.8. The van der Waals surface area contributed by atoms with Crippen molar-refractivity contribution in [2.45, 2.75) is 20.0 Å². The predicted octanol–water partition coefficient (Wildman–Crippen LogP) is 1.71. The Labute approximate surface area is 176 Å². The Morgan fingerprint density at radius 3 is 2.26 bits per heavy atom. The van der Waals surface area contributed by atoms with Crippen molar-refractivity contribution in [1.82, 2.24) is 25.4 Å². The third kappa shape index (κ3) is 6.15. The zero-order chi connectivity index (χ0) is 18.9. The van der Waals surface area contributed by atoms with Crippen LogP contribution in [0.4, 0.5) is 0 Å². The highest BCUT2D eigenvalue weighted by Gasteiger charge is 2.13. The normalized spacial score (nSPS) is 10.8. The minimum absolute atomic E-state index is 0. The minimum Gasteiger partial charge on any atom is -0.493 e. The Morgan fingerprint density at radius 2 is 1.78 bits per heavy atom. The molecule has 0 aliphatic carbocycles. The number of benzene rings is 1. The zero-order valence-corrected chi connectivity index (χ0v) is 18.6. The molecule has 1 heterocycles. The second-order valence-corrected chi connectivity index (χ2v) is 5.38. The van der Waals surface area contributed by atoms with Gasteiger partial charge >= 0.3 is 0 Å². The van der Waals surface area contributed by atoms with E-state index in [1.165, 1.54) is 6.33 Å². The quantitative estimate of drug-likeness (QED) is 0.331. The Kier molecular flexibility index (Phi) is 9.68. The molecule has 0 aliphatic heterocycles. The van der Waals surface area contributed by atoms with Crippen LogP contribution in [0.1, 0.15) is 18.3 Å². The van der Waals surface area contributed by atoms with Crippen LogP contribution in [-0.4, -0.2) is 48.6 Å². The molecule has 0 atom stereocenters. The Balaban J connectivity index is 0.00000364. The van der Waals surface area contributed by atoms with Crippen LogP contribution in [0.25, 0.3) is 0 Å². The summed E-state index contributed by atoms with van der Waals surface area (Å²) in [7, 11) is 6.62. The fourth-order valence-electron chi connectivity index (χ4n) is 2.38. The van der Waals surface area contributed by atoms with E-state index in [4.69, 9.17) is 14.2 Å². The van der Waals surface area contributed by atoms with Gasteiger partial charge in [0.05, 0.1) is 34.4 Å². The number of rotatable bonds is 8. The first-order valence-electron chi connectivity index (χ1n) is 8.26. The first-order valence-corrected chi connectivity index (χ1v) is 8.26. The second kappa shape index (κ2) is 11.5. The molecule has 27 heavy (non-hydrogen) atoms. The van der Waals surface area contributed by atoms with Crippen LogP contribution < -0.4 is 24.8 Å². The number of nitrogens with zero attached hydrogens (tertiary/aromatic N) is 4. The number of aryl methyl sites for hydroxylation is 1. The molecule has 0 aliphatic rings. The molecule has 1 aromatic carbocycles. The van der Waals surface area contributed by atoms with E-state index in [2.05, 4.69) is 25.7 Å². The van der Waals surface area contributed by atoms with Crippen LogP contribution in [-0.2, 0) is 20.1 Å². The summed E-state index contributed by atoms with van der Waals surface area (Å²) in [5.41, 5.74) is 0.940. The van der Waals surface area contributed by atoms with Crippen molar-refractivity contribution in [2.24, 2.45) is 12.0 Å². The van der Waals surface area contributed by atoms with Crippen molar-refractivity contribution in [3.8, 4) is 17.2 Å². The van der Waals surface area contributed by atoms with Gasteiger partial charge in [-0.05, 0) is 24.6 Å². The lowest BCUT2D eigenvalue weighted by atomic mass is 10.2. The number of hydrogen-bond donors (Lipinski definition) is 2. The van der Waals surface area contributed by atoms with Crippen molar-refractivity contribution < 1.29 is 14.2 Å². The number of methoxy groups -OCH3 is 3. The molecular weight excluding hydrogens is 463 g/mol. The Morgan fingerprint density at radius 1 is 1.11 bits per heavy atom. The number of ether oxygens (including phenoxy) is 3. The summed E-state index contributed by atoms with van der Waals surface area (Å²) >= 11 is 0. The summed E-state index contributed by atoms with van der Waals surface area (Å²) in [5, 5.41) is 10.5. The van der Waals surface area contributed by atoms with E-state index in [9.17, 15) is 0 Å². The number of hydrogen-bond acceptors (Lipinski definition) is 6. The maximum atomic E-state index is 5.38. The third-order valence-electron chi connectivity index (χ3n) is 3.71. The van der Waals surface area contributed by atoms with Crippen LogP contribution in [0.3, 0.4) is 0 Å². The number of aliphatic imine (C=N–C) groups is 1. The fraction of sp³-hybridized carbons (Fsp3) is 0.471. The third-order valence-corrected chi connectivity index (χ3v) is 3.71. The summed E-state index contributed by atoms with van der Waals surface area (Å²) in [6.45, 7) is 3.74. The smallest absolute Gasteiger partial charge is 0.203 e. The SMILES string of the molecule is CCNC(=NCc1cc(OC)c(OC)c(OC)c1)NCc1ncnn1C.I. The van der Waals surface area contributed by atoms with Crippen molar-refractivity contribution in [3.05, 3.63) is 29.8 Å². The first-order chi connectivity index (χ1) is 12.6. The molecule has 150 valence electrons. The Bertz CT molecular complexity index is 725. The lowest BCUT2D eigenvalue weighted by molar-refractivity contribution is 0.324. The Hall–Kier alpha value is -2.24. The summed E-state index contributed by atoms with van der Waals surface area (Å²) in [6, 6.07) is 3.77. The molecule has 2 rings (SSSR count). The van der Waals surface area contributed by atoms with E-state index in [0.29, 0.717) is 36.3 Å². The van der Waals surface area contributed by atoms with Crippen LogP contribution in [0.2, 0.25) is 0 Å². The number of aromatic nitrogens is 3. The van der Waals surface area contributed by atoms with Gasteiger partial charge in [-0.1, -0.05) is 0 Å². The van der Waals surface area contributed by atoms with Gasteiger partial charge in [-0.25, -0.2) is 9.98 Å². The fourth-order valence-corrected chi connectivity index (χ4v) is 2.38. The van der Waals surface area contributed by atoms with Crippen molar-refractivity contribution in [3.63, 3.8) is 0 Å². The molecule has 0 saturated carbocycles. The van der Waals surface area contributed by atoms with E-state index in [1.54, 1.807) is 26.0 Å². The van der Waals surface area contributed by atoms with Crippen molar-refractivity contribution in [2.75, 3.05) is 27.9 Å². The van der Waals surface area contributed by atoms with E-state index < -0.39 is 0 Å². The highest BCUT2D eigenvalue weighted by atomic mass is 127. The molecule has 0 spiro atoms. The molecule has 0 bridgehead atoms. The lowest BCUT2D eigenvalue weighted by Gasteiger charge is -2.14. The van der Waals surface area contributed by atoms with Crippen LogP contribution in [0.5, 0.6) is 17.2 Å². The molecule has 2 N–H and O–H groups in total. The molecule has 1 aromatic heterocycles. The summed E-state index contributed by atoms with van der Waals surface area (Å²) in [4.78, 5) is 8.79.